The Balaban J connectivity index is 1.38. The fourth-order valence-electron chi connectivity index (χ4n) is 3.56. The summed E-state index contributed by atoms with van der Waals surface area (Å²) in [5.74, 6) is 2.12. The van der Waals surface area contributed by atoms with Crippen molar-refractivity contribution in [1.82, 2.24) is 10.6 Å². The van der Waals surface area contributed by atoms with E-state index in [9.17, 15) is 4.79 Å². The van der Waals surface area contributed by atoms with E-state index in [1.807, 2.05) is 54.6 Å². The predicted molar refractivity (Wildman–Crippen MR) is 88.7 cm³/mol. The normalized spacial score (nSPS) is 25.3. The molecule has 23 heavy (non-hydrogen) atoms. The maximum absolute atomic E-state index is 12.4. The van der Waals surface area contributed by atoms with Gasteiger partial charge in [-0.3, -0.25) is 4.79 Å². The smallest absolute Gasteiger partial charge is 0.251 e. The summed E-state index contributed by atoms with van der Waals surface area (Å²) in [4.78, 5) is 12.4. The van der Waals surface area contributed by atoms with Crippen LogP contribution >= 0.6 is 0 Å². The summed E-state index contributed by atoms with van der Waals surface area (Å²) >= 11 is 0. The number of hydrogen-bond donors (Lipinski definition) is 2. The molecule has 4 rings (SSSR count). The summed E-state index contributed by atoms with van der Waals surface area (Å²) in [6, 6.07) is 17.8. The lowest BCUT2D eigenvalue weighted by molar-refractivity contribution is 0.0925. The molecule has 1 heterocycles. The minimum Gasteiger partial charge on any atom is -0.457 e. The topological polar surface area (TPSA) is 50.4 Å². The molecule has 0 spiro atoms. The van der Waals surface area contributed by atoms with Crippen LogP contribution in [0.5, 0.6) is 11.5 Å². The molecule has 3 atom stereocenters. The molecule has 4 nitrogen and oxygen atoms in total. The number of carbonyl (C=O) groups is 1. The standard InChI is InChI=1S/C19H20N2O2/c22-19(21-18-11-15-10-14(18)12-20-15)13-6-8-17(9-7-13)23-16-4-2-1-3-5-16/h1-9,14-15,18,20H,10-12H2,(H,21,22). The second kappa shape index (κ2) is 6.05. The molecular weight excluding hydrogens is 288 g/mol. The first-order valence-electron chi connectivity index (χ1n) is 8.15. The number of fused-ring (bicyclic) bond motifs is 2. The first-order valence-corrected chi connectivity index (χ1v) is 8.15. The molecule has 1 aliphatic carbocycles. The van der Waals surface area contributed by atoms with Gasteiger partial charge in [0.05, 0.1) is 0 Å². The third-order valence-corrected chi connectivity index (χ3v) is 4.78. The van der Waals surface area contributed by atoms with Crippen molar-refractivity contribution in [3.8, 4) is 11.5 Å². The van der Waals surface area contributed by atoms with Crippen molar-refractivity contribution >= 4 is 5.91 Å². The second-order valence-electron chi connectivity index (χ2n) is 6.36. The van der Waals surface area contributed by atoms with Crippen LogP contribution in [0, 0.1) is 5.92 Å². The van der Waals surface area contributed by atoms with Gasteiger partial charge in [-0.25, -0.2) is 0 Å². The SMILES string of the molecule is O=C(NC1CC2CC1CN2)c1ccc(Oc2ccccc2)cc1. The monoisotopic (exact) mass is 308 g/mol. The lowest BCUT2D eigenvalue weighted by Gasteiger charge is -2.23. The maximum atomic E-state index is 12.4. The van der Waals surface area contributed by atoms with Gasteiger partial charge in [0.1, 0.15) is 11.5 Å². The number of hydrogen-bond acceptors (Lipinski definition) is 3. The lowest BCUT2D eigenvalue weighted by Crippen LogP contribution is -2.44. The van der Waals surface area contributed by atoms with Crippen LogP contribution in [0.15, 0.2) is 54.6 Å². The van der Waals surface area contributed by atoms with Gasteiger partial charge in [-0.15, -0.1) is 0 Å². The van der Waals surface area contributed by atoms with Gasteiger partial charge in [-0.2, -0.15) is 0 Å². The number of amides is 1. The number of para-hydroxylation sites is 1. The quantitative estimate of drug-likeness (QED) is 0.913. The number of ether oxygens (including phenoxy) is 1. The first-order chi connectivity index (χ1) is 11.3. The molecule has 0 radical (unpaired) electrons. The average Bonchev–Trinajstić information content (AvgIpc) is 3.19. The molecule has 2 aromatic carbocycles. The molecule has 2 aliphatic rings. The Morgan fingerprint density at radius 3 is 2.39 bits per heavy atom. The summed E-state index contributed by atoms with van der Waals surface area (Å²) in [6.07, 6.45) is 2.24. The Kier molecular flexibility index (Phi) is 3.75. The molecule has 2 fully saturated rings. The van der Waals surface area contributed by atoms with E-state index in [1.165, 1.54) is 6.42 Å². The molecule has 2 N–H and O–H groups in total. The molecule has 118 valence electrons. The molecule has 2 bridgehead atoms. The molecule has 1 aliphatic heterocycles. The van der Waals surface area contributed by atoms with Gasteiger partial charge in [0.15, 0.2) is 0 Å². The van der Waals surface area contributed by atoms with Gasteiger partial charge in [0.2, 0.25) is 0 Å². The minimum atomic E-state index is 0.00816. The predicted octanol–water partition coefficient (Wildman–Crippen LogP) is 2.96. The van der Waals surface area contributed by atoms with E-state index in [0.717, 1.165) is 24.5 Å². The number of carbonyl (C=O) groups excluding carboxylic acids is 1. The van der Waals surface area contributed by atoms with Gasteiger partial charge in [-0.05, 0) is 55.2 Å². The Morgan fingerprint density at radius 2 is 1.74 bits per heavy atom. The first kappa shape index (κ1) is 14.3. The third kappa shape index (κ3) is 3.08. The van der Waals surface area contributed by atoms with Gasteiger partial charge in [0, 0.05) is 24.2 Å². The zero-order valence-corrected chi connectivity index (χ0v) is 12.9. The molecule has 1 amide bonds. The Labute approximate surface area is 135 Å². The van der Waals surface area contributed by atoms with Gasteiger partial charge in [-0.1, -0.05) is 18.2 Å². The lowest BCUT2D eigenvalue weighted by atomic mass is 10.0. The number of benzene rings is 2. The fourth-order valence-corrected chi connectivity index (χ4v) is 3.56. The van der Waals surface area contributed by atoms with Crippen molar-refractivity contribution in [2.45, 2.75) is 24.9 Å². The summed E-state index contributed by atoms with van der Waals surface area (Å²) < 4.78 is 5.75. The van der Waals surface area contributed by atoms with E-state index >= 15 is 0 Å². The van der Waals surface area contributed by atoms with Crippen LogP contribution in [0.3, 0.4) is 0 Å². The van der Waals surface area contributed by atoms with Crippen molar-refractivity contribution < 1.29 is 9.53 Å². The molecule has 0 aromatic heterocycles. The van der Waals surface area contributed by atoms with E-state index in [2.05, 4.69) is 10.6 Å². The van der Waals surface area contributed by atoms with E-state index in [1.54, 1.807) is 0 Å². The third-order valence-electron chi connectivity index (χ3n) is 4.78. The summed E-state index contributed by atoms with van der Waals surface area (Å²) in [6.45, 7) is 1.03. The number of rotatable bonds is 4. The Hall–Kier alpha value is -2.33. The largest absolute Gasteiger partial charge is 0.457 e. The average molecular weight is 308 g/mol. The van der Waals surface area contributed by atoms with E-state index in [0.29, 0.717) is 23.6 Å². The van der Waals surface area contributed by atoms with Crippen LogP contribution in [0.2, 0.25) is 0 Å². The molecule has 1 saturated heterocycles. The molecular formula is C19H20N2O2. The highest BCUT2D eigenvalue weighted by Crippen LogP contribution is 2.31. The zero-order valence-electron chi connectivity index (χ0n) is 12.9. The number of nitrogens with one attached hydrogen (secondary N) is 2. The van der Waals surface area contributed by atoms with E-state index in [4.69, 9.17) is 4.74 Å². The van der Waals surface area contributed by atoms with Gasteiger partial charge >= 0.3 is 0 Å². The highest BCUT2D eigenvalue weighted by molar-refractivity contribution is 5.94. The van der Waals surface area contributed by atoms with Crippen molar-refractivity contribution in [3.05, 3.63) is 60.2 Å². The van der Waals surface area contributed by atoms with E-state index < -0.39 is 0 Å². The Bertz CT molecular complexity index is 684. The van der Waals surface area contributed by atoms with Crippen LogP contribution in [-0.2, 0) is 0 Å². The summed E-state index contributed by atoms with van der Waals surface area (Å²) in [5, 5.41) is 6.64. The van der Waals surface area contributed by atoms with Gasteiger partial charge < -0.3 is 15.4 Å². The van der Waals surface area contributed by atoms with Crippen molar-refractivity contribution in [3.63, 3.8) is 0 Å². The highest BCUT2D eigenvalue weighted by Gasteiger charge is 2.39. The molecule has 2 aromatic rings. The fraction of sp³-hybridized carbons (Fsp3) is 0.316. The zero-order chi connectivity index (χ0) is 15.6. The van der Waals surface area contributed by atoms with Crippen LogP contribution in [0.1, 0.15) is 23.2 Å². The van der Waals surface area contributed by atoms with Crippen molar-refractivity contribution in [2.24, 2.45) is 5.92 Å². The highest BCUT2D eigenvalue weighted by atomic mass is 16.5. The van der Waals surface area contributed by atoms with Crippen molar-refractivity contribution in [1.29, 1.82) is 0 Å². The van der Waals surface area contributed by atoms with Crippen molar-refractivity contribution in [2.75, 3.05) is 6.54 Å². The van der Waals surface area contributed by atoms with Gasteiger partial charge in [0.25, 0.3) is 5.91 Å². The molecule has 1 saturated carbocycles. The van der Waals surface area contributed by atoms with Crippen LogP contribution in [0.4, 0.5) is 0 Å². The van der Waals surface area contributed by atoms with E-state index in [-0.39, 0.29) is 5.91 Å². The molecule has 3 unspecified atom stereocenters. The van der Waals surface area contributed by atoms with Crippen LogP contribution in [-0.4, -0.2) is 24.5 Å². The number of piperidine rings is 1. The maximum Gasteiger partial charge on any atom is 0.251 e. The summed E-state index contributed by atoms with van der Waals surface area (Å²) in [5.41, 5.74) is 0.682. The molecule has 4 heteroatoms. The van der Waals surface area contributed by atoms with Crippen LogP contribution < -0.4 is 15.4 Å². The Morgan fingerprint density at radius 1 is 1.00 bits per heavy atom. The summed E-state index contributed by atoms with van der Waals surface area (Å²) in [7, 11) is 0. The second-order valence-corrected chi connectivity index (χ2v) is 6.36. The van der Waals surface area contributed by atoms with Crippen LogP contribution in [0.25, 0.3) is 0 Å². The minimum absolute atomic E-state index is 0.00816.